The van der Waals surface area contributed by atoms with E-state index in [-0.39, 0.29) is 0 Å². The first-order valence-corrected chi connectivity index (χ1v) is 8.95. The molecule has 3 heterocycles. The van der Waals surface area contributed by atoms with E-state index in [2.05, 4.69) is 15.0 Å². The van der Waals surface area contributed by atoms with Crippen LogP contribution in [0.4, 0.5) is 0 Å². The molecule has 0 saturated carbocycles. The van der Waals surface area contributed by atoms with E-state index in [0.717, 1.165) is 26.8 Å². The minimum Gasteiger partial charge on any atom is -0.297 e. The monoisotopic (exact) mass is 354 g/mol. The van der Waals surface area contributed by atoms with E-state index in [9.17, 15) is 0 Å². The van der Waals surface area contributed by atoms with Crippen LogP contribution in [0, 0.1) is 0 Å². The summed E-state index contributed by atoms with van der Waals surface area (Å²) in [4.78, 5) is 13.4. The molecule has 1 aliphatic rings. The van der Waals surface area contributed by atoms with Crippen molar-refractivity contribution in [3.05, 3.63) is 35.0 Å². The highest BCUT2D eigenvalue weighted by atomic mass is 35.5. The molecule has 4 rings (SSSR count). The summed E-state index contributed by atoms with van der Waals surface area (Å²) in [5.41, 5.74) is 2.19. The molecule has 0 bridgehead atoms. The van der Waals surface area contributed by atoms with Crippen LogP contribution < -0.4 is 0 Å². The Morgan fingerprint density at radius 1 is 1.24 bits per heavy atom. The van der Waals surface area contributed by atoms with Crippen molar-refractivity contribution in [2.45, 2.75) is 20.8 Å². The maximum Gasteiger partial charge on any atom is 0.189 e. The first kappa shape index (κ1) is 13.7. The van der Waals surface area contributed by atoms with Crippen molar-refractivity contribution < 1.29 is 0 Å². The van der Waals surface area contributed by atoms with Crippen molar-refractivity contribution in [3.63, 3.8) is 0 Å². The molecule has 106 valence electrons. The molecule has 0 amide bonds. The third-order valence-electron chi connectivity index (χ3n) is 3.24. The average Bonchev–Trinajstić information content (AvgIpc) is 2.84. The van der Waals surface area contributed by atoms with Crippen LogP contribution in [0.25, 0.3) is 11.0 Å². The number of para-hydroxylation sites is 2. The number of imidazole rings is 1. The standard InChI is InChI=1S/C13H8Cl2N4S2/c1-20-12-17-9(14)8-10(15)19-7-5-3-2-4-6(7)16-13(19)21-11(8)18-12/h2-5,10H,1H3/t10-/m0/s1. The lowest BCUT2D eigenvalue weighted by molar-refractivity contribution is 0.656. The quantitative estimate of drug-likeness (QED) is 0.279. The highest BCUT2D eigenvalue weighted by Crippen LogP contribution is 2.46. The van der Waals surface area contributed by atoms with Gasteiger partial charge in [0.15, 0.2) is 10.3 Å². The molecule has 2 aromatic heterocycles. The molecule has 0 saturated heterocycles. The lowest BCUT2D eigenvalue weighted by atomic mass is 10.3. The maximum atomic E-state index is 6.64. The Balaban J connectivity index is 1.97. The second kappa shape index (κ2) is 5.05. The molecule has 21 heavy (non-hydrogen) atoms. The highest BCUT2D eigenvalue weighted by Gasteiger charge is 2.31. The fourth-order valence-corrected chi connectivity index (χ4v) is 4.76. The Kier molecular flexibility index (Phi) is 3.29. The predicted octanol–water partition coefficient (Wildman–Crippen LogP) is 4.45. The number of hydrogen-bond donors (Lipinski definition) is 0. The summed E-state index contributed by atoms with van der Waals surface area (Å²) in [6.07, 6.45) is 1.92. The number of benzene rings is 1. The van der Waals surface area contributed by atoms with Gasteiger partial charge in [0, 0.05) is 0 Å². The van der Waals surface area contributed by atoms with Gasteiger partial charge in [-0.25, -0.2) is 15.0 Å². The Hall–Kier alpha value is -0.950. The minimum absolute atomic E-state index is 0.403. The molecule has 1 aliphatic heterocycles. The minimum atomic E-state index is -0.452. The molecule has 3 aromatic rings. The Labute approximate surface area is 139 Å². The fourth-order valence-electron chi connectivity index (χ4n) is 2.30. The zero-order valence-corrected chi connectivity index (χ0v) is 13.9. The summed E-state index contributed by atoms with van der Waals surface area (Å²) in [5, 5.41) is 2.65. The summed E-state index contributed by atoms with van der Waals surface area (Å²) in [6, 6.07) is 7.89. The first-order chi connectivity index (χ1) is 10.2. The van der Waals surface area contributed by atoms with E-state index in [1.165, 1.54) is 23.5 Å². The van der Waals surface area contributed by atoms with Crippen LogP contribution in [-0.2, 0) is 0 Å². The second-order valence-electron chi connectivity index (χ2n) is 4.41. The van der Waals surface area contributed by atoms with Crippen LogP contribution in [0.5, 0.6) is 0 Å². The topological polar surface area (TPSA) is 43.6 Å². The van der Waals surface area contributed by atoms with Crippen LogP contribution in [0.1, 0.15) is 11.1 Å². The van der Waals surface area contributed by atoms with Crippen LogP contribution in [-0.4, -0.2) is 25.8 Å². The van der Waals surface area contributed by atoms with Gasteiger partial charge >= 0.3 is 0 Å². The van der Waals surface area contributed by atoms with Crippen molar-refractivity contribution in [1.29, 1.82) is 0 Å². The van der Waals surface area contributed by atoms with Crippen molar-refractivity contribution in [2.75, 3.05) is 6.26 Å². The van der Waals surface area contributed by atoms with E-state index in [0.29, 0.717) is 10.3 Å². The van der Waals surface area contributed by atoms with E-state index < -0.39 is 5.50 Å². The lowest BCUT2D eigenvalue weighted by Gasteiger charge is -2.23. The SMILES string of the molecule is CSc1nc(Cl)c2c(n1)Sc1nc3ccccc3n1[C@@H]2Cl. The molecule has 0 fully saturated rings. The molecule has 0 unspecified atom stereocenters. The molecule has 0 spiro atoms. The molecule has 4 nitrogen and oxygen atoms in total. The molecule has 0 aliphatic carbocycles. The summed E-state index contributed by atoms with van der Waals surface area (Å²) in [6.45, 7) is 0. The number of nitrogens with zero attached hydrogens (tertiary/aromatic N) is 4. The van der Waals surface area contributed by atoms with E-state index in [1.807, 2.05) is 35.1 Å². The Morgan fingerprint density at radius 3 is 2.86 bits per heavy atom. The van der Waals surface area contributed by atoms with E-state index in [1.54, 1.807) is 0 Å². The van der Waals surface area contributed by atoms with Gasteiger partial charge in [0.1, 0.15) is 15.7 Å². The van der Waals surface area contributed by atoms with Gasteiger partial charge in [-0.05, 0) is 30.2 Å². The lowest BCUT2D eigenvalue weighted by Crippen LogP contribution is -2.14. The summed E-state index contributed by atoms with van der Waals surface area (Å²) < 4.78 is 1.97. The van der Waals surface area contributed by atoms with Gasteiger partial charge in [0.2, 0.25) is 0 Å². The van der Waals surface area contributed by atoms with Gasteiger partial charge in [-0.15, -0.1) is 0 Å². The third-order valence-corrected chi connectivity index (χ3v) is 5.47. The van der Waals surface area contributed by atoms with Gasteiger partial charge < -0.3 is 0 Å². The summed E-state index contributed by atoms with van der Waals surface area (Å²) in [7, 11) is 0. The number of hydrogen-bond acceptors (Lipinski definition) is 5. The number of halogens is 2. The molecule has 8 heteroatoms. The van der Waals surface area contributed by atoms with Crippen molar-refractivity contribution in [3.8, 4) is 0 Å². The van der Waals surface area contributed by atoms with Gasteiger partial charge in [-0.1, -0.05) is 47.1 Å². The van der Waals surface area contributed by atoms with Crippen LogP contribution in [0.3, 0.4) is 0 Å². The summed E-state index contributed by atoms with van der Waals surface area (Å²) in [5.74, 6) is 0. The van der Waals surface area contributed by atoms with Crippen molar-refractivity contribution in [2.24, 2.45) is 0 Å². The fraction of sp³-hybridized carbons (Fsp3) is 0.154. The molecule has 1 atom stereocenters. The van der Waals surface area contributed by atoms with Crippen molar-refractivity contribution in [1.82, 2.24) is 19.5 Å². The third kappa shape index (κ3) is 2.04. The van der Waals surface area contributed by atoms with E-state index >= 15 is 0 Å². The van der Waals surface area contributed by atoms with Crippen LogP contribution in [0.2, 0.25) is 5.15 Å². The van der Waals surface area contributed by atoms with Gasteiger partial charge in [0.25, 0.3) is 0 Å². The molecule has 0 radical (unpaired) electrons. The molecule has 1 aromatic carbocycles. The molecular weight excluding hydrogens is 347 g/mol. The number of rotatable bonds is 1. The zero-order valence-electron chi connectivity index (χ0n) is 10.7. The maximum absolute atomic E-state index is 6.64. The van der Waals surface area contributed by atoms with Crippen LogP contribution in [0.15, 0.2) is 39.6 Å². The van der Waals surface area contributed by atoms with Gasteiger partial charge in [-0.3, -0.25) is 4.57 Å². The van der Waals surface area contributed by atoms with Gasteiger partial charge in [0.05, 0.1) is 16.6 Å². The normalized spacial score (nSPS) is 16.8. The summed E-state index contributed by atoms with van der Waals surface area (Å²) >= 11 is 15.9. The van der Waals surface area contributed by atoms with Crippen molar-refractivity contribution >= 4 is 57.8 Å². The average molecular weight is 355 g/mol. The largest absolute Gasteiger partial charge is 0.297 e. The van der Waals surface area contributed by atoms with Crippen LogP contribution >= 0.6 is 46.7 Å². The van der Waals surface area contributed by atoms with Gasteiger partial charge in [-0.2, -0.15) is 0 Å². The number of aromatic nitrogens is 4. The number of fused-ring (bicyclic) bond motifs is 4. The first-order valence-electron chi connectivity index (χ1n) is 6.09. The number of thioether (sulfide) groups is 1. The number of alkyl halides is 1. The van der Waals surface area contributed by atoms with E-state index in [4.69, 9.17) is 23.2 Å². The smallest absolute Gasteiger partial charge is 0.189 e. The molecule has 0 N–H and O–H groups in total. The zero-order chi connectivity index (χ0) is 14.6. The predicted molar refractivity (Wildman–Crippen MR) is 86.7 cm³/mol. The Bertz CT molecular complexity index is 865. The molecular formula is C13H8Cl2N4S2. The Morgan fingerprint density at radius 2 is 2.05 bits per heavy atom. The highest BCUT2D eigenvalue weighted by molar-refractivity contribution is 7.99. The second-order valence-corrected chi connectivity index (χ2v) is 6.91.